The van der Waals surface area contributed by atoms with Gasteiger partial charge < -0.3 is 4.74 Å². The second-order valence-electron chi connectivity index (χ2n) is 2.29. The quantitative estimate of drug-likeness (QED) is 0.536. The zero-order valence-corrected chi connectivity index (χ0v) is 5.97. The van der Waals surface area contributed by atoms with Crippen LogP contribution in [0.5, 0.6) is 0 Å². The molecule has 1 radical (unpaired) electrons. The van der Waals surface area contributed by atoms with Gasteiger partial charge in [0, 0.05) is 0 Å². The Balaban J connectivity index is 3.84. The van der Waals surface area contributed by atoms with Crippen LogP contribution in [0.3, 0.4) is 0 Å². The first-order valence-electron chi connectivity index (χ1n) is 2.81. The molecule has 0 saturated heterocycles. The number of ether oxygens (including phenoxy) is 1. The van der Waals surface area contributed by atoms with Gasteiger partial charge in [0.05, 0.1) is 0 Å². The van der Waals surface area contributed by atoms with Gasteiger partial charge >= 0.3 is 6.47 Å². The van der Waals surface area contributed by atoms with Gasteiger partial charge in [-0.2, -0.15) is 0 Å². The molecule has 9 heavy (non-hydrogen) atoms. The van der Waals surface area contributed by atoms with E-state index in [0.717, 1.165) is 0 Å². The van der Waals surface area contributed by atoms with Gasteiger partial charge in [-0.1, -0.05) is 6.08 Å². The smallest absolute Gasteiger partial charge is 0.418 e. The third-order valence-corrected chi connectivity index (χ3v) is 0.873. The van der Waals surface area contributed by atoms with Crippen LogP contribution in [0.2, 0.25) is 0 Å². The molecule has 2 heteroatoms. The van der Waals surface area contributed by atoms with Gasteiger partial charge in [0.15, 0.2) is 0 Å². The van der Waals surface area contributed by atoms with Crippen LogP contribution >= 0.6 is 0 Å². The Kier molecular flexibility index (Phi) is 2.99. The van der Waals surface area contributed by atoms with Crippen LogP contribution in [0.1, 0.15) is 20.8 Å². The molecule has 0 aliphatic rings. The average molecular weight is 127 g/mol. The molecular weight excluding hydrogens is 116 g/mol. The molecule has 0 N–H and O–H groups in total. The summed E-state index contributed by atoms with van der Waals surface area (Å²) in [5.41, 5.74) is -0.503. The summed E-state index contributed by atoms with van der Waals surface area (Å²) in [6.07, 6.45) is 3.62. The zero-order chi connectivity index (χ0) is 7.33. The van der Waals surface area contributed by atoms with E-state index in [1.54, 1.807) is 19.9 Å². The van der Waals surface area contributed by atoms with Crippen LogP contribution in [-0.4, -0.2) is 12.1 Å². The minimum Gasteiger partial charge on any atom is -0.447 e. The van der Waals surface area contributed by atoms with E-state index in [9.17, 15) is 4.79 Å². The third kappa shape index (κ3) is 3.76. The molecule has 0 unspecified atom stereocenters. The van der Waals surface area contributed by atoms with Crippen molar-refractivity contribution in [3.63, 3.8) is 0 Å². The Morgan fingerprint density at radius 2 is 2.11 bits per heavy atom. The topological polar surface area (TPSA) is 26.3 Å². The normalized spacial score (nSPS) is 11.9. The molecule has 0 aliphatic carbocycles. The van der Waals surface area contributed by atoms with Crippen LogP contribution < -0.4 is 0 Å². The summed E-state index contributed by atoms with van der Waals surface area (Å²) < 4.78 is 4.58. The molecule has 0 rings (SSSR count). The van der Waals surface area contributed by atoms with E-state index >= 15 is 0 Å². The van der Waals surface area contributed by atoms with Crippen LogP contribution in [0.25, 0.3) is 0 Å². The lowest BCUT2D eigenvalue weighted by molar-refractivity contribution is 0.138. The third-order valence-electron chi connectivity index (χ3n) is 0.873. The largest absolute Gasteiger partial charge is 0.447 e. The molecule has 0 aromatic rings. The number of rotatable bonds is 3. The summed E-state index contributed by atoms with van der Waals surface area (Å²) in [5, 5.41) is 0. The molecule has 0 bridgehead atoms. The lowest BCUT2D eigenvalue weighted by Gasteiger charge is -2.15. The Morgan fingerprint density at radius 3 is 2.44 bits per heavy atom. The number of carbonyl (C=O) groups excluding carboxylic acids is 1. The van der Waals surface area contributed by atoms with Crippen molar-refractivity contribution in [3.8, 4) is 0 Å². The molecular formula is C7H11O2. The lowest BCUT2D eigenvalue weighted by Crippen LogP contribution is -2.19. The molecule has 0 aliphatic heterocycles. The van der Waals surface area contributed by atoms with E-state index in [1.807, 2.05) is 13.0 Å². The van der Waals surface area contributed by atoms with Crippen LogP contribution in [-0.2, 0) is 9.53 Å². The SMILES string of the molecule is C/C=C/C(C)(C)O[C]=O. The van der Waals surface area contributed by atoms with E-state index in [4.69, 9.17) is 0 Å². The molecule has 0 aromatic heterocycles. The highest BCUT2D eigenvalue weighted by atomic mass is 16.5. The van der Waals surface area contributed by atoms with E-state index < -0.39 is 5.60 Å². The molecule has 0 saturated carbocycles. The van der Waals surface area contributed by atoms with Gasteiger partial charge in [0.25, 0.3) is 0 Å². The summed E-state index contributed by atoms with van der Waals surface area (Å²) in [5.74, 6) is 0. The first-order chi connectivity index (χ1) is 4.12. The number of hydrogen-bond donors (Lipinski definition) is 0. The molecule has 2 nitrogen and oxygen atoms in total. The molecule has 0 amide bonds. The zero-order valence-electron chi connectivity index (χ0n) is 5.97. The predicted molar refractivity (Wildman–Crippen MR) is 35.7 cm³/mol. The van der Waals surface area contributed by atoms with Crippen molar-refractivity contribution in [2.75, 3.05) is 0 Å². The second-order valence-corrected chi connectivity index (χ2v) is 2.29. The summed E-state index contributed by atoms with van der Waals surface area (Å²) in [4.78, 5) is 9.71. The van der Waals surface area contributed by atoms with E-state index in [0.29, 0.717) is 0 Å². The first kappa shape index (κ1) is 8.21. The van der Waals surface area contributed by atoms with Crippen molar-refractivity contribution < 1.29 is 9.53 Å². The van der Waals surface area contributed by atoms with Gasteiger partial charge in [-0.15, -0.1) is 0 Å². The van der Waals surface area contributed by atoms with Crippen molar-refractivity contribution in [1.29, 1.82) is 0 Å². The van der Waals surface area contributed by atoms with Crippen molar-refractivity contribution in [2.24, 2.45) is 0 Å². The second kappa shape index (κ2) is 3.28. The standard InChI is InChI=1S/C7H11O2/c1-4-5-7(2,3)9-6-8/h4-5H,1-3H3/b5-4+. The van der Waals surface area contributed by atoms with E-state index in [2.05, 4.69) is 4.74 Å². The van der Waals surface area contributed by atoms with Gasteiger partial charge in [0.2, 0.25) is 0 Å². The summed E-state index contributed by atoms with van der Waals surface area (Å²) >= 11 is 0. The Labute approximate surface area is 55.5 Å². The lowest BCUT2D eigenvalue weighted by atomic mass is 10.1. The van der Waals surface area contributed by atoms with Gasteiger partial charge in [-0.25, -0.2) is 4.79 Å². The monoisotopic (exact) mass is 127 g/mol. The molecule has 0 atom stereocenters. The van der Waals surface area contributed by atoms with Gasteiger partial charge in [0.1, 0.15) is 5.60 Å². The predicted octanol–water partition coefficient (Wildman–Crippen LogP) is 1.42. The average Bonchev–Trinajstić information content (AvgIpc) is 1.64. The Hall–Kier alpha value is -0.790. The van der Waals surface area contributed by atoms with Crippen molar-refractivity contribution in [1.82, 2.24) is 0 Å². The fourth-order valence-electron chi connectivity index (χ4n) is 0.543. The van der Waals surface area contributed by atoms with E-state index in [1.165, 1.54) is 6.47 Å². The fraction of sp³-hybridized carbons (Fsp3) is 0.571. The Bertz CT molecular complexity index is 114. The maximum absolute atomic E-state index is 9.71. The van der Waals surface area contributed by atoms with Crippen LogP contribution in [0.4, 0.5) is 0 Å². The highest BCUT2D eigenvalue weighted by Gasteiger charge is 2.12. The Morgan fingerprint density at radius 1 is 1.56 bits per heavy atom. The molecule has 51 valence electrons. The van der Waals surface area contributed by atoms with Gasteiger partial charge in [-0.05, 0) is 26.8 Å². The maximum Gasteiger partial charge on any atom is 0.418 e. The number of hydrogen-bond acceptors (Lipinski definition) is 2. The van der Waals surface area contributed by atoms with Crippen molar-refractivity contribution in [3.05, 3.63) is 12.2 Å². The first-order valence-corrected chi connectivity index (χ1v) is 2.81. The molecule has 0 heterocycles. The van der Waals surface area contributed by atoms with Gasteiger partial charge in [-0.3, -0.25) is 0 Å². The summed E-state index contributed by atoms with van der Waals surface area (Å²) in [7, 11) is 0. The summed E-state index contributed by atoms with van der Waals surface area (Å²) in [6.45, 7) is 6.84. The fourth-order valence-corrected chi connectivity index (χ4v) is 0.543. The highest BCUT2D eigenvalue weighted by Crippen LogP contribution is 2.08. The van der Waals surface area contributed by atoms with Crippen molar-refractivity contribution in [2.45, 2.75) is 26.4 Å². The van der Waals surface area contributed by atoms with Crippen molar-refractivity contribution >= 4 is 6.47 Å². The highest BCUT2D eigenvalue weighted by molar-refractivity contribution is 5.40. The maximum atomic E-state index is 9.71. The molecule has 0 fully saturated rings. The molecule has 0 spiro atoms. The van der Waals surface area contributed by atoms with Crippen LogP contribution in [0, 0.1) is 0 Å². The minimum absolute atomic E-state index is 0.503. The number of allylic oxidation sites excluding steroid dienone is 1. The van der Waals surface area contributed by atoms with E-state index in [-0.39, 0.29) is 0 Å². The van der Waals surface area contributed by atoms with Crippen LogP contribution in [0.15, 0.2) is 12.2 Å². The minimum atomic E-state index is -0.503. The summed E-state index contributed by atoms with van der Waals surface area (Å²) in [6, 6.07) is 0. The molecule has 0 aromatic carbocycles.